The van der Waals surface area contributed by atoms with E-state index < -0.39 is 13.4 Å². The van der Waals surface area contributed by atoms with Gasteiger partial charge in [-0.2, -0.15) is 0 Å². The summed E-state index contributed by atoms with van der Waals surface area (Å²) in [6, 6.07) is 0. The summed E-state index contributed by atoms with van der Waals surface area (Å²) in [6.07, 6.45) is 0. The van der Waals surface area contributed by atoms with Crippen LogP contribution in [0.25, 0.3) is 0 Å². The van der Waals surface area contributed by atoms with E-state index in [1.165, 1.54) is 0 Å². The summed E-state index contributed by atoms with van der Waals surface area (Å²) in [4.78, 5) is 0. The topological polar surface area (TPSA) is 80.3 Å². The van der Waals surface area contributed by atoms with Gasteiger partial charge in [-0.3, -0.25) is 0 Å². The van der Waals surface area contributed by atoms with E-state index in [1.54, 1.807) is 0 Å². The number of hydrogen-bond acceptors (Lipinski definition) is 4. The molecule has 0 bridgehead atoms. The second-order valence-electron chi connectivity index (χ2n) is 0.408. The molecule has 0 aliphatic carbocycles. The molecule has 0 fully saturated rings. The van der Waals surface area contributed by atoms with Crippen LogP contribution in [0, 0.1) is 0 Å². The maximum atomic E-state index is 8.59. The molecule has 0 unspecified atom stereocenters. The second-order valence-corrected chi connectivity index (χ2v) is 2.12. The fourth-order valence-corrected chi connectivity index (χ4v) is 0. The molecule has 0 heterocycles. The summed E-state index contributed by atoms with van der Waals surface area (Å²) in [5, 5.41) is 0. The second kappa shape index (κ2) is 3.01. The molecule has 0 atom stereocenters. The van der Waals surface area contributed by atoms with Crippen LogP contribution in [-0.4, -0.2) is 39.9 Å². The molecule has 6 heavy (non-hydrogen) atoms. The van der Waals surface area contributed by atoms with E-state index in [9.17, 15) is 0 Å². The van der Waals surface area contributed by atoms with Gasteiger partial charge in [-0.05, 0) is 0 Å². The molecule has 0 spiro atoms. The summed E-state index contributed by atoms with van der Waals surface area (Å²) in [5.74, 6) is 0. The van der Waals surface area contributed by atoms with Gasteiger partial charge in [0.2, 0.25) is 0 Å². The molecule has 4 nitrogen and oxygen atoms in total. The van der Waals surface area contributed by atoms with Crippen LogP contribution >= 0.6 is 0 Å². The first kappa shape index (κ1) is 10.0. The predicted octanol–water partition coefficient (Wildman–Crippen LogP) is -3.38. The zero-order valence-corrected chi connectivity index (χ0v) is 7.34. The predicted molar refractivity (Wildman–Crippen MR) is 12.9 cm³/mol. The third-order valence-electron chi connectivity index (χ3n) is 0. The van der Waals surface area contributed by atoms with E-state index >= 15 is 0 Å². The standard InChI is InChI=1S/H2O4Se.Po/c1-5(2,3)4;/h(H2,1,2,3,4);/q;+2/p-2. The van der Waals surface area contributed by atoms with Crippen LogP contribution in [0.3, 0.4) is 0 Å². The maximum absolute atomic E-state index is 8.59. The Morgan fingerprint density at radius 1 is 1.17 bits per heavy atom. The van der Waals surface area contributed by atoms with Gasteiger partial charge in [-0.15, -0.1) is 0 Å². The van der Waals surface area contributed by atoms with Gasteiger partial charge < -0.3 is 0 Å². The van der Waals surface area contributed by atoms with Crippen molar-refractivity contribution >= 4 is 39.9 Å². The van der Waals surface area contributed by atoms with Crippen molar-refractivity contribution in [3.05, 3.63) is 0 Å². The van der Waals surface area contributed by atoms with E-state index in [4.69, 9.17) is 16.0 Å². The molecule has 0 N–H and O–H groups in total. The minimum absolute atomic E-state index is 0. The van der Waals surface area contributed by atoms with Gasteiger partial charge in [-0.25, -0.2) is 0 Å². The zero-order chi connectivity index (χ0) is 4.50. The van der Waals surface area contributed by atoms with E-state index in [0.717, 1.165) is 0 Å². The minimum Gasteiger partial charge on any atom is 2.00 e. The third kappa shape index (κ3) is 87.3. The molecule has 0 saturated carbocycles. The van der Waals surface area contributed by atoms with Crippen molar-refractivity contribution in [2.45, 2.75) is 0 Å². The van der Waals surface area contributed by atoms with Crippen molar-refractivity contribution in [2.24, 2.45) is 0 Å². The van der Waals surface area contributed by atoms with Crippen LogP contribution in [0.4, 0.5) is 0 Å². The van der Waals surface area contributed by atoms with E-state index in [-0.39, 0.29) is 26.6 Å². The summed E-state index contributed by atoms with van der Waals surface area (Å²) >= 11 is -5.75. The fourth-order valence-electron chi connectivity index (χ4n) is 0. The molecular formula is O4PoSe. The summed E-state index contributed by atoms with van der Waals surface area (Å²) in [7, 11) is 0. The van der Waals surface area contributed by atoms with Gasteiger partial charge in [0, 0.05) is 0 Å². The maximum Gasteiger partial charge on any atom is 2.00 e. The van der Waals surface area contributed by atoms with Gasteiger partial charge in [0.25, 0.3) is 0 Å². The van der Waals surface area contributed by atoms with Gasteiger partial charge in [0.1, 0.15) is 0 Å². The Balaban J connectivity index is 0. The Morgan fingerprint density at radius 2 is 1.17 bits per heavy atom. The Kier molecular flexibility index (Phi) is 5.03. The molecule has 0 aliphatic rings. The molecule has 0 saturated heterocycles. The first-order valence-electron chi connectivity index (χ1n) is 0.667. The Morgan fingerprint density at radius 3 is 1.17 bits per heavy atom. The zero-order valence-electron chi connectivity index (χ0n) is 2.45. The molecular weight excluding hydrogens is 352 g/mol. The molecule has 0 aromatic heterocycles. The molecule has 0 aromatic carbocycles. The average Bonchev–Trinajstić information content (AvgIpc) is 0.722. The monoisotopic (exact) mass is 353 g/mol. The van der Waals surface area contributed by atoms with E-state index in [1.807, 2.05) is 0 Å². The van der Waals surface area contributed by atoms with Gasteiger partial charge in [-0.1, -0.05) is 0 Å². The van der Waals surface area contributed by atoms with Crippen LogP contribution in [0.5, 0.6) is 0 Å². The first-order chi connectivity index (χ1) is 2.00. The van der Waals surface area contributed by atoms with Gasteiger partial charge >= 0.3 is 56.0 Å². The van der Waals surface area contributed by atoms with Crippen LogP contribution in [0.15, 0.2) is 0 Å². The Bertz CT molecular complexity index is 90.7. The van der Waals surface area contributed by atoms with E-state index in [0.29, 0.717) is 0 Å². The molecule has 0 amide bonds. The van der Waals surface area contributed by atoms with E-state index in [2.05, 4.69) is 0 Å². The van der Waals surface area contributed by atoms with Crippen molar-refractivity contribution in [2.75, 3.05) is 0 Å². The van der Waals surface area contributed by atoms with Crippen molar-refractivity contribution in [1.82, 2.24) is 0 Å². The first-order valence-corrected chi connectivity index (χ1v) is 3.46. The quantitative estimate of drug-likeness (QED) is 0.427. The van der Waals surface area contributed by atoms with Crippen LogP contribution in [0.2, 0.25) is 0 Å². The van der Waals surface area contributed by atoms with Crippen molar-refractivity contribution in [3.63, 3.8) is 0 Å². The smallest absolute Gasteiger partial charge is 2.00 e. The summed E-state index contributed by atoms with van der Waals surface area (Å²) < 4.78 is 34.4. The fraction of sp³-hybridized carbons (Fsp3) is 0. The number of rotatable bonds is 0. The Hall–Kier alpha value is 0.936. The van der Waals surface area contributed by atoms with Crippen molar-refractivity contribution in [3.8, 4) is 0 Å². The summed E-state index contributed by atoms with van der Waals surface area (Å²) in [6.45, 7) is 0. The molecule has 0 aromatic rings. The van der Waals surface area contributed by atoms with Crippen LogP contribution in [-0.2, 0) is 7.67 Å². The molecule has 0 aliphatic heterocycles. The SMILES string of the molecule is O=[Se](=O)([O-])[O-].[Po+2]. The average molecular weight is 352 g/mol. The molecule has 4 radical (unpaired) electrons. The molecule has 0 rings (SSSR count). The molecule has 6 heteroatoms. The number of hydrogen-bond donors (Lipinski definition) is 0. The largest absolute Gasteiger partial charge is 2.00 e. The van der Waals surface area contributed by atoms with Crippen molar-refractivity contribution < 1.29 is 16.0 Å². The van der Waals surface area contributed by atoms with Crippen molar-refractivity contribution in [1.29, 1.82) is 0 Å². The third-order valence-corrected chi connectivity index (χ3v) is 0. The Labute approximate surface area is 55.9 Å². The van der Waals surface area contributed by atoms with Crippen LogP contribution in [0.1, 0.15) is 0 Å². The minimum atomic E-state index is -5.75. The van der Waals surface area contributed by atoms with Crippen LogP contribution < -0.4 is 8.38 Å². The van der Waals surface area contributed by atoms with Gasteiger partial charge in [0.15, 0.2) is 0 Å². The molecule has 36 valence electrons. The summed E-state index contributed by atoms with van der Waals surface area (Å²) in [5.41, 5.74) is 0. The normalized spacial score (nSPS) is 9.67. The van der Waals surface area contributed by atoms with Gasteiger partial charge in [0.05, 0.1) is 0 Å².